The van der Waals surface area contributed by atoms with Crippen LogP contribution in [0.3, 0.4) is 0 Å². The van der Waals surface area contributed by atoms with Gasteiger partial charge in [0.1, 0.15) is 17.3 Å². The van der Waals surface area contributed by atoms with Crippen molar-refractivity contribution in [2.75, 3.05) is 13.2 Å². The van der Waals surface area contributed by atoms with E-state index in [0.29, 0.717) is 40.8 Å². The quantitative estimate of drug-likeness (QED) is 0.189. The number of amides is 1. The summed E-state index contributed by atoms with van der Waals surface area (Å²) in [5.74, 6) is -0.542. The van der Waals surface area contributed by atoms with Gasteiger partial charge in [0.25, 0.3) is 11.7 Å². The summed E-state index contributed by atoms with van der Waals surface area (Å²) < 4.78 is 11.4. The SMILES string of the molecule is CCCCCN1C(=O)C(=O)/C(=C(\O)c2ccc(Cl)c(OCC)c2)C1c1cccc(OC(C)C)c1. The van der Waals surface area contributed by atoms with Crippen molar-refractivity contribution in [3.8, 4) is 11.5 Å². The Bertz CT molecular complexity index is 1080. The maximum Gasteiger partial charge on any atom is 0.295 e. The molecule has 1 aliphatic heterocycles. The molecule has 1 unspecified atom stereocenters. The van der Waals surface area contributed by atoms with E-state index >= 15 is 0 Å². The Morgan fingerprint density at radius 2 is 1.88 bits per heavy atom. The number of carbonyl (C=O) groups is 2. The zero-order valence-corrected chi connectivity index (χ0v) is 20.9. The number of likely N-dealkylation sites (tertiary alicyclic amines) is 1. The zero-order chi connectivity index (χ0) is 24.8. The van der Waals surface area contributed by atoms with Crippen LogP contribution in [0.2, 0.25) is 5.02 Å². The van der Waals surface area contributed by atoms with Crippen LogP contribution in [0.25, 0.3) is 5.76 Å². The topological polar surface area (TPSA) is 76.1 Å². The van der Waals surface area contributed by atoms with E-state index in [-0.39, 0.29) is 17.4 Å². The van der Waals surface area contributed by atoms with Crippen LogP contribution in [0.4, 0.5) is 0 Å². The lowest BCUT2D eigenvalue weighted by Crippen LogP contribution is -2.30. The van der Waals surface area contributed by atoms with E-state index in [4.69, 9.17) is 21.1 Å². The van der Waals surface area contributed by atoms with E-state index in [2.05, 4.69) is 6.92 Å². The van der Waals surface area contributed by atoms with Crippen molar-refractivity contribution in [1.29, 1.82) is 0 Å². The van der Waals surface area contributed by atoms with Gasteiger partial charge in [0.05, 0.1) is 29.3 Å². The second kappa shape index (κ2) is 11.4. The molecule has 1 saturated heterocycles. The molecule has 2 aromatic rings. The fourth-order valence-electron chi connectivity index (χ4n) is 4.09. The summed E-state index contributed by atoms with van der Waals surface area (Å²) >= 11 is 6.20. The smallest absolute Gasteiger partial charge is 0.295 e. The van der Waals surface area contributed by atoms with Crippen LogP contribution in [-0.2, 0) is 9.59 Å². The lowest BCUT2D eigenvalue weighted by atomic mass is 9.95. The van der Waals surface area contributed by atoms with E-state index in [1.165, 1.54) is 0 Å². The number of nitrogens with zero attached hydrogens (tertiary/aromatic N) is 1. The van der Waals surface area contributed by atoms with Crippen molar-refractivity contribution in [2.45, 2.75) is 59.1 Å². The fourth-order valence-corrected chi connectivity index (χ4v) is 4.26. The summed E-state index contributed by atoms with van der Waals surface area (Å²) in [5, 5.41) is 11.7. The number of ether oxygens (including phenoxy) is 2. The molecule has 0 spiro atoms. The third kappa shape index (κ3) is 5.55. The third-order valence-corrected chi connectivity index (χ3v) is 5.90. The van der Waals surface area contributed by atoms with Crippen molar-refractivity contribution in [1.82, 2.24) is 4.90 Å². The normalized spacial score (nSPS) is 17.5. The second-order valence-electron chi connectivity index (χ2n) is 8.52. The molecule has 1 aliphatic rings. The molecule has 1 N–H and O–H groups in total. The highest BCUT2D eigenvalue weighted by Gasteiger charge is 2.45. The maximum atomic E-state index is 13.2. The molecule has 0 bridgehead atoms. The average Bonchev–Trinajstić information content (AvgIpc) is 3.05. The second-order valence-corrected chi connectivity index (χ2v) is 8.92. The van der Waals surface area contributed by atoms with Crippen LogP contribution in [0.1, 0.15) is 64.1 Å². The monoisotopic (exact) mass is 485 g/mol. The first-order valence-electron chi connectivity index (χ1n) is 11.8. The third-order valence-electron chi connectivity index (χ3n) is 5.59. The lowest BCUT2D eigenvalue weighted by Gasteiger charge is -2.26. The molecule has 0 radical (unpaired) electrons. The molecule has 34 heavy (non-hydrogen) atoms. The Morgan fingerprint density at radius 1 is 1.12 bits per heavy atom. The Kier molecular flexibility index (Phi) is 8.61. The number of rotatable bonds is 10. The Labute approximate surface area is 206 Å². The number of hydrogen-bond acceptors (Lipinski definition) is 5. The number of ketones is 1. The first kappa shape index (κ1) is 25.6. The van der Waals surface area contributed by atoms with Gasteiger partial charge in [0.2, 0.25) is 0 Å². The van der Waals surface area contributed by atoms with Gasteiger partial charge in [-0.15, -0.1) is 0 Å². The highest BCUT2D eigenvalue weighted by atomic mass is 35.5. The van der Waals surface area contributed by atoms with Gasteiger partial charge in [-0.1, -0.05) is 43.5 Å². The van der Waals surface area contributed by atoms with Crippen LogP contribution in [0.5, 0.6) is 11.5 Å². The fraction of sp³-hybridized carbons (Fsp3) is 0.407. The number of halogens is 1. The van der Waals surface area contributed by atoms with Crippen LogP contribution in [0, 0.1) is 0 Å². The molecule has 0 aliphatic carbocycles. The first-order chi connectivity index (χ1) is 16.3. The first-order valence-corrected chi connectivity index (χ1v) is 12.1. The standard InChI is InChI=1S/C27H32ClNO5/c1-5-7-8-14-29-24(18-10-9-11-20(15-18)34-17(3)4)23(26(31)27(29)32)25(30)19-12-13-21(28)22(16-19)33-6-2/h9-13,15-17,24,30H,5-8,14H2,1-4H3/b25-23-. The van der Waals surface area contributed by atoms with Crippen LogP contribution in [0.15, 0.2) is 48.0 Å². The molecule has 2 aromatic carbocycles. The van der Waals surface area contributed by atoms with Gasteiger partial charge in [-0.2, -0.15) is 0 Å². The molecule has 1 atom stereocenters. The Balaban J connectivity index is 2.14. The van der Waals surface area contributed by atoms with Gasteiger partial charge in [0.15, 0.2) is 0 Å². The zero-order valence-electron chi connectivity index (χ0n) is 20.1. The van der Waals surface area contributed by atoms with Crippen molar-refractivity contribution in [2.24, 2.45) is 0 Å². The highest BCUT2D eigenvalue weighted by Crippen LogP contribution is 2.41. The minimum Gasteiger partial charge on any atom is -0.507 e. The van der Waals surface area contributed by atoms with Crippen LogP contribution < -0.4 is 9.47 Å². The summed E-state index contributed by atoms with van der Waals surface area (Å²) in [4.78, 5) is 27.8. The Morgan fingerprint density at radius 3 is 2.56 bits per heavy atom. The molecule has 0 saturated carbocycles. The van der Waals surface area contributed by atoms with Crippen molar-refractivity contribution < 1.29 is 24.2 Å². The minimum absolute atomic E-state index is 0.0304. The highest BCUT2D eigenvalue weighted by molar-refractivity contribution is 6.46. The van der Waals surface area contributed by atoms with Gasteiger partial charge in [-0.25, -0.2) is 0 Å². The van der Waals surface area contributed by atoms with Crippen LogP contribution in [-0.4, -0.2) is 41.0 Å². The van der Waals surface area contributed by atoms with Gasteiger partial charge in [-0.05, 0) is 63.1 Å². The molecular weight excluding hydrogens is 454 g/mol. The van der Waals surface area contributed by atoms with Gasteiger partial charge < -0.3 is 19.5 Å². The number of hydrogen-bond donors (Lipinski definition) is 1. The molecule has 3 rings (SSSR count). The summed E-state index contributed by atoms with van der Waals surface area (Å²) in [6, 6.07) is 11.4. The maximum absolute atomic E-state index is 13.2. The number of carbonyl (C=O) groups excluding carboxylic acids is 2. The van der Waals surface area contributed by atoms with Crippen molar-refractivity contribution in [3.63, 3.8) is 0 Å². The number of Topliss-reactive ketones (excluding diaryl/α,β-unsaturated/α-hetero) is 1. The summed E-state index contributed by atoms with van der Waals surface area (Å²) in [6.45, 7) is 8.58. The predicted molar refractivity (Wildman–Crippen MR) is 133 cm³/mol. The molecule has 6 nitrogen and oxygen atoms in total. The lowest BCUT2D eigenvalue weighted by molar-refractivity contribution is -0.139. The van der Waals surface area contributed by atoms with Gasteiger partial charge >= 0.3 is 0 Å². The molecule has 1 fully saturated rings. The number of benzene rings is 2. The van der Waals surface area contributed by atoms with Gasteiger partial charge in [-0.3, -0.25) is 9.59 Å². The van der Waals surface area contributed by atoms with E-state index in [1.807, 2.05) is 45.0 Å². The number of aliphatic hydroxyl groups is 1. The molecule has 182 valence electrons. The Hall–Kier alpha value is -2.99. The van der Waals surface area contributed by atoms with Gasteiger partial charge in [0, 0.05) is 12.1 Å². The predicted octanol–water partition coefficient (Wildman–Crippen LogP) is 6.14. The van der Waals surface area contributed by atoms with E-state index in [1.54, 1.807) is 23.1 Å². The summed E-state index contributed by atoms with van der Waals surface area (Å²) in [6.07, 6.45) is 2.65. The van der Waals surface area contributed by atoms with Crippen LogP contribution >= 0.6 is 11.6 Å². The molecule has 0 aromatic heterocycles. The van der Waals surface area contributed by atoms with Crippen molar-refractivity contribution >= 4 is 29.1 Å². The van der Waals surface area contributed by atoms with E-state index < -0.39 is 17.7 Å². The van der Waals surface area contributed by atoms with Crippen molar-refractivity contribution in [3.05, 3.63) is 64.2 Å². The minimum atomic E-state index is -0.723. The number of aliphatic hydroxyl groups excluding tert-OH is 1. The van der Waals surface area contributed by atoms with E-state index in [0.717, 1.165) is 19.3 Å². The molecule has 7 heteroatoms. The molecular formula is C27H32ClNO5. The molecule has 1 amide bonds. The molecule has 1 heterocycles. The van der Waals surface area contributed by atoms with E-state index in [9.17, 15) is 14.7 Å². The largest absolute Gasteiger partial charge is 0.507 e. The average molecular weight is 486 g/mol. The summed E-state index contributed by atoms with van der Waals surface area (Å²) in [5.41, 5.74) is 1.11. The number of unbranched alkanes of at least 4 members (excludes halogenated alkanes) is 2. The summed E-state index contributed by atoms with van der Waals surface area (Å²) in [7, 11) is 0.